The average molecular weight is 419 g/mol. The van der Waals surface area contributed by atoms with Gasteiger partial charge in [0.1, 0.15) is 6.04 Å². The van der Waals surface area contributed by atoms with Crippen LogP contribution in [0.25, 0.3) is 0 Å². The number of nitrogens with zero attached hydrogens (tertiary/aromatic N) is 1. The third-order valence-corrected chi connectivity index (χ3v) is 5.84. The molecule has 148 valence electrons. The fraction of sp³-hybridized carbons (Fsp3) is 0.364. The van der Waals surface area contributed by atoms with Crippen molar-refractivity contribution in [1.82, 2.24) is 10.2 Å². The molecule has 2 aromatic carbocycles. The Bertz CT molecular complexity index is 821. The molecule has 0 radical (unpaired) electrons. The lowest BCUT2D eigenvalue weighted by molar-refractivity contribution is -0.135. The Morgan fingerprint density at radius 3 is 2.43 bits per heavy atom. The standard InChI is InChI=1S/C22H24Cl2N2O2/c23-18-10-6-9-17(21(18)24)11-12-20(27)25-19(15-16-7-2-1-3-8-16)22(28)26-13-4-5-14-26/h1-3,6-10,19H,4-5,11-15H2,(H,25,27). The molecule has 1 aliphatic rings. The molecule has 1 unspecified atom stereocenters. The zero-order valence-electron chi connectivity index (χ0n) is 15.7. The van der Waals surface area contributed by atoms with E-state index in [1.54, 1.807) is 6.07 Å². The Hall–Kier alpha value is -2.04. The summed E-state index contributed by atoms with van der Waals surface area (Å²) in [6.07, 6.45) is 3.25. The fourth-order valence-electron chi connectivity index (χ4n) is 3.46. The van der Waals surface area contributed by atoms with E-state index in [9.17, 15) is 9.59 Å². The van der Waals surface area contributed by atoms with Crippen LogP contribution in [0.3, 0.4) is 0 Å². The molecule has 1 fully saturated rings. The van der Waals surface area contributed by atoms with Gasteiger partial charge in [0.2, 0.25) is 11.8 Å². The first-order chi connectivity index (χ1) is 13.5. The molecule has 0 spiro atoms. The summed E-state index contributed by atoms with van der Waals surface area (Å²) in [6, 6.07) is 14.6. The van der Waals surface area contributed by atoms with E-state index >= 15 is 0 Å². The molecule has 1 aliphatic heterocycles. The van der Waals surface area contributed by atoms with Crippen LogP contribution in [0.5, 0.6) is 0 Å². The molecule has 0 saturated carbocycles. The summed E-state index contributed by atoms with van der Waals surface area (Å²) in [5.41, 5.74) is 1.85. The maximum atomic E-state index is 12.9. The van der Waals surface area contributed by atoms with Crippen LogP contribution in [-0.4, -0.2) is 35.8 Å². The van der Waals surface area contributed by atoms with Crippen molar-refractivity contribution in [3.05, 3.63) is 69.7 Å². The molecule has 0 aromatic heterocycles. The van der Waals surface area contributed by atoms with Gasteiger partial charge in [-0.25, -0.2) is 0 Å². The normalized spacial score (nSPS) is 14.7. The van der Waals surface area contributed by atoms with E-state index in [4.69, 9.17) is 23.2 Å². The van der Waals surface area contributed by atoms with Gasteiger partial charge in [-0.2, -0.15) is 0 Å². The van der Waals surface area contributed by atoms with Gasteiger partial charge in [-0.05, 0) is 36.5 Å². The van der Waals surface area contributed by atoms with Crippen LogP contribution in [0.2, 0.25) is 10.0 Å². The Morgan fingerprint density at radius 2 is 1.71 bits per heavy atom. The van der Waals surface area contributed by atoms with Gasteiger partial charge in [-0.3, -0.25) is 9.59 Å². The largest absolute Gasteiger partial charge is 0.344 e. The molecule has 1 saturated heterocycles. The van der Waals surface area contributed by atoms with Crippen molar-refractivity contribution < 1.29 is 9.59 Å². The van der Waals surface area contributed by atoms with Crippen molar-refractivity contribution in [1.29, 1.82) is 0 Å². The van der Waals surface area contributed by atoms with Crippen molar-refractivity contribution in [3.63, 3.8) is 0 Å². The molecule has 3 rings (SSSR count). The van der Waals surface area contributed by atoms with Crippen molar-refractivity contribution in [3.8, 4) is 0 Å². The Morgan fingerprint density at radius 1 is 1.00 bits per heavy atom. The predicted molar refractivity (Wildman–Crippen MR) is 113 cm³/mol. The lowest BCUT2D eigenvalue weighted by atomic mass is 10.0. The monoisotopic (exact) mass is 418 g/mol. The van der Waals surface area contributed by atoms with E-state index in [1.165, 1.54) is 0 Å². The SMILES string of the molecule is O=C(CCc1cccc(Cl)c1Cl)NC(Cc1ccccc1)C(=O)N1CCCC1. The second-order valence-corrected chi connectivity index (χ2v) is 7.84. The molecule has 4 nitrogen and oxygen atoms in total. The minimum atomic E-state index is -0.553. The number of likely N-dealkylation sites (tertiary alicyclic amines) is 1. The van der Waals surface area contributed by atoms with E-state index in [0.717, 1.165) is 37.1 Å². The van der Waals surface area contributed by atoms with Gasteiger partial charge in [0, 0.05) is 25.9 Å². The Kier molecular flexibility index (Phi) is 7.35. The molecule has 2 amide bonds. The number of halogens is 2. The first-order valence-corrected chi connectivity index (χ1v) is 10.3. The van der Waals surface area contributed by atoms with Crippen molar-refractivity contribution in [2.75, 3.05) is 13.1 Å². The zero-order valence-corrected chi connectivity index (χ0v) is 17.2. The lowest BCUT2D eigenvalue weighted by Gasteiger charge is -2.24. The van der Waals surface area contributed by atoms with Crippen LogP contribution in [0, 0.1) is 0 Å². The van der Waals surface area contributed by atoms with Crippen LogP contribution in [0.15, 0.2) is 48.5 Å². The zero-order chi connectivity index (χ0) is 19.9. The average Bonchev–Trinajstić information content (AvgIpc) is 3.24. The van der Waals surface area contributed by atoms with E-state index in [1.807, 2.05) is 47.4 Å². The maximum absolute atomic E-state index is 12.9. The highest BCUT2D eigenvalue weighted by atomic mass is 35.5. The molecule has 6 heteroatoms. The third-order valence-electron chi connectivity index (χ3n) is 4.99. The minimum absolute atomic E-state index is 0.00417. The number of benzene rings is 2. The summed E-state index contributed by atoms with van der Waals surface area (Å²) in [4.78, 5) is 27.4. The number of hydrogen-bond acceptors (Lipinski definition) is 2. The first-order valence-electron chi connectivity index (χ1n) is 9.59. The Labute approximate surface area is 175 Å². The molecule has 1 atom stereocenters. The summed E-state index contributed by atoms with van der Waals surface area (Å²) in [5, 5.41) is 3.90. The number of nitrogens with one attached hydrogen (secondary N) is 1. The van der Waals surface area contributed by atoms with Gasteiger partial charge in [0.25, 0.3) is 0 Å². The van der Waals surface area contributed by atoms with Gasteiger partial charge in [-0.15, -0.1) is 0 Å². The number of carbonyl (C=O) groups excluding carboxylic acids is 2. The van der Waals surface area contributed by atoms with Gasteiger partial charge in [0.05, 0.1) is 10.0 Å². The van der Waals surface area contributed by atoms with E-state index in [-0.39, 0.29) is 18.2 Å². The van der Waals surface area contributed by atoms with E-state index < -0.39 is 6.04 Å². The molecule has 28 heavy (non-hydrogen) atoms. The number of rotatable bonds is 7. The molecule has 2 aromatic rings. The fourth-order valence-corrected chi connectivity index (χ4v) is 3.88. The smallest absolute Gasteiger partial charge is 0.245 e. The lowest BCUT2D eigenvalue weighted by Crippen LogP contribution is -2.49. The summed E-state index contributed by atoms with van der Waals surface area (Å²) < 4.78 is 0. The van der Waals surface area contributed by atoms with Crippen LogP contribution in [0.4, 0.5) is 0 Å². The van der Waals surface area contributed by atoms with Crippen LogP contribution >= 0.6 is 23.2 Å². The molecule has 1 heterocycles. The van der Waals surface area contributed by atoms with Gasteiger partial charge in [0.15, 0.2) is 0 Å². The molecular formula is C22H24Cl2N2O2. The highest BCUT2D eigenvalue weighted by Gasteiger charge is 2.28. The van der Waals surface area contributed by atoms with Gasteiger partial charge < -0.3 is 10.2 Å². The summed E-state index contributed by atoms with van der Waals surface area (Å²) in [6.45, 7) is 1.52. The predicted octanol–water partition coefficient (Wildman–Crippen LogP) is 4.28. The van der Waals surface area contributed by atoms with Crippen molar-refractivity contribution >= 4 is 35.0 Å². The number of carbonyl (C=O) groups is 2. The second kappa shape index (κ2) is 9.94. The third kappa shape index (κ3) is 5.49. The van der Waals surface area contributed by atoms with Crippen LogP contribution < -0.4 is 5.32 Å². The quantitative estimate of drug-likeness (QED) is 0.729. The van der Waals surface area contributed by atoms with Crippen molar-refractivity contribution in [2.45, 2.75) is 38.1 Å². The highest BCUT2D eigenvalue weighted by molar-refractivity contribution is 6.42. The molecular weight excluding hydrogens is 395 g/mol. The molecule has 0 bridgehead atoms. The Balaban J connectivity index is 1.64. The minimum Gasteiger partial charge on any atom is -0.344 e. The number of hydrogen-bond donors (Lipinski definition) is 1. The van der Waals surface area contributed by atoms with Gasteiger partial charge >= 0.3 is 0 Å². The van der Waals surface area contributed by atoms with E-state index in [2.05, 4.69) is 5.32 Å². The van der Waals surface area contributed by atoms with Crippen LogP contribution in [0.1, 0.15) is 30.4 Å². The highest BCUT2D eigenvalue weighted by Crippen LogP contribution is 2.26. The summed E-state index contributed by atoms with van der Waals surface area (Å²) in [5.74, 6) is -0.167. The molecule has 0 aliphatic carbocycles. The topological polar surface area (TPSA) is 49.4 Å². The van der Waals surface area contributed by atoms with Crippen molar-refractivity contribution in [2.24, 2.45) is 0 Å². The van der Waals surface area contributed by atoms with Gasteiger partial charge in [-0.1, -0.05) is 65.7 Å². The van der Waals surface area contributed by atoms with E-state index in [0.29, 0.717) is 22.9 Å². The number of amides is 2. The summed E-state index contributed by atoms with van der Waals surface area (Å²) >= 11 is 12.2. The summed E-state index contributed by atoms with van der Waals surface area (Å²) in [7, 11) is 0. The number of aryl methyl sites for hydroxylation is 1. The molecule has 1 N–H and O–H groups in total. The first kappa shape index (κ1) is 20.7. The van der Waals surface area contributed by atoms with Crippen LogP contribution in [-0.2, 0) is 22.4 Å². The maximum Gasteiger partial charge on any atom is 0.245 e. The second-order valence-electron chi connectivity index (χ2n) is 7.06.